The van der Waals surface area contributed by atoms with Crippen LogP contribution in [0.2, 0.25) is 0 Å². The Balaban J connectivity index is 1.84. The molecule has 4 aromatic heterocycles. The van der Waals surface area contributed by atoms with Crippen molar-refractivity contribution in [3.8, 4) is 0 Å². The molecule has 0 aliphatic carbocycles. The predicted molar refractivity (Wildman–Crippen MR) is 119 cm³/mol. The first-order valence-electron chi connectivity index (χ1n) is 9.07. The lowest BCUT2D eigenvalue weighted by Crippen LogP contribution is -2.29. The van der Waals surface area contributed by atoms with E-state index in [1.807, 2.05) is 49.1 Å². The molecule has 0 spiro atoms. The fourth-order valence-corrected chi connectivity index (χ4v) is 9.20. The molecule has 0 aliphatic heterocycles. The van der Waals surface area contributed by atoms with Crippen LogP contribution in [0.4, 0.5) is 0 Å². The van der Waals surface area contributed by atoms with Crippen LogP contribution in [0.5, 0.6) is 0 Å². The van der Waals surface area contributed by atoms with Gasteiger partial charge in [-0.15, -0.1) is 0 Å². The normalized spacial score (nSPS) is 11.3. The molecule has 0 aliphatic rings. The molecule has 0 unspecified atom stereocenters. The van der Waals surface area contributed by atoms with Crippen molar-refractivity contribution >= 4 is 37.6 Å². The summed E-state index contributed by atoms with van der Waals surface area (Å²) in [7, 11) is -1.54. The summed E-state index contributed by atoms with van der Waals surface area (Å²) in [6.07, 6.45) is 7.46. The lowest BCUT2D eigenvalue weighted by molar-refractivity contribution is 1.30. The van der Waals surface area contributed by atoms with E-state index in [0.717, 1.165) is 21.7 Å². The minimum absolute atomic E-state index is 0.277. The molecular weight excluding hydrogens is 382 g/mol. The summed E-state index contributed by atoms with van der Waals surface area (Å²) < 4.78 is 0. The second-order valence-corrected chi connectivity index (χ2v) is 11.4. The molecule has 0 aromatic carbocycles. The summed E-state index contributed by atoms with van der Waals surface area (Å²) >= 11 is 0. The lowest BCUT2D eigenvalue weighted by Gasteiger charge is -2.30. The average Bonchev–Trinajstić information content (AvgIpc) is 2.77. The molecule has 0 fully saturated rings. The van der Waals surface area contributed by atoms with Gasteiger partial charge in [-0.3, -0.25) is 19.9 Å². The highest BCUT2D eigenvalue weighted by molar-refractivity contribution is 7.89. The summed E-state index contributed by atoms with van der Waals surface area (Å²) in [6, 6.07) is 24.5. The van der Waals surface area contributed by atoms with Gasteiger partial charge < -0.3 is 0 Å². The van der Waals surface area contributed by atoms with Crippen LogP contribution in [0.25, 0.3) is 0 Å². The standard InChI is InChI=1S/C22H20N4P2/c1-18(27(19-10-2-6-14-23-19)20-11-3-7-15-24-20)28(21-12-4-8-16-25-21)22-13-5-9-17-26-22/h2-18H,1H3. The van der Waals surface area contributed by atoms with Gasteiger partial charge in [0.2, 0.25) is 0 Å². The van der Waals surface area contributed by atoms with Crippen molar-refractivity contribution in [2.75, 3.05) is 0 Å². The van der Waals surface area contributed by atoms with Crippen LogP contribution in [0.3, 0.4) is 0 Å². The number of aromatic nitrogens is 4. The first-order chi connectivity index (χ1) is 13.8. The van der Waals surface area contributed by atoms with E-state index in [4.69, 9.17) is 19.9 Å². The monoisotopic (exact) mass is 402 g/mol. The summed E-state index contributed by atoms with van der Waals surface area (Å²) in [5, 5.41) is 0.277. The highest BCUT2D eigenvalue weighted by Gasteiger charge is 2.33. The largest absolute Gasteiger partial charge is 0.256 e. The maximum Gasteiger partial charge on any atom is 0.0698 e. The number of pyridine rings is 4. The van der Waals surface area contributed by atoms with E-state index in [1.165, 1.54) is 0 Å². The van der Waals surface area contributed by atoms with Crippen LogP contribution in [0.15, 0.2) is 97.6 Å². The van der Waals surface area contributed by atoms with Crippen molar-refractivity contribution in [1.82, 2.24) is 19.9 Å². The van der Waals surface area contributed by atoms with E-state index < -0.39 is 15.8 Å². The Hall–Kier alpha value is -2.54. The maximum absolute atomic E-state index is 4.70. The molecule has 4 nitrogen and oxygen atoms in total. The van der Waals surface area contributed by atoms with Gasteiger partial charge in [-0.2, -0.15) is 0 Å². The fraction of sp³-hybridized carbons (Fsp3) is 0.0909. The van der Waals surface area contributed by atoms with Gasteiger partial charge in [-0.25, -0.2) is 0 Å². The lowest BCUT2D eigenvalue weighted by atomic mass is 10.5. The van der Waals surface area contributed by atoms with Crippen molar-refractivity contribution in [1.29, 1.82) is 0 Å². The molecule has 0 amide bonds. The first kappa shape index (κ1) is 18.8. The second kappa shape index (κ2) is 9.10. The Morgan fingerprint density at radius 2 is 0.786 bits per heavy atom. The Morgan fingerprint density at radius 1 is 0.500 bits per heavy atom. The summed E-state index contributed by atoms with van der Waals surface area (Å²) in [5.41, 5.74) is 4.34. The average molecular weight is 402 g/mol. The van der Waals surface area contributed by atoms with E-state index in [1.54, 1.807) is 0 Å². The van der Waals surface area contributed by atoms with Crippen LogP contribution in [0.1, 0.15) is 6.92 Å². The summed E-state index contributed by atoms with van der Waals surface area (Å²) in [6.45, 7) is 2.30. The third kappa shape index (κ3) is 4.14. The molecule has 4 rings (SSSR count). The fourth-order valence-electron chi connectivity index (χ4n) is 3.10. The Labute approximate surface area is 167 Å². The molecular formula is C22H20N4P2. The van der Waals surface area contributed by atoms with Crippen LogP contribution in [-0.2, 0) is 0 Å². The molecule has 0 bridgehead atoms. The van der Waals surface area contributed by atoms with Crippen LogP contribution in [-0.4, -0.2) is 25.3 Å². The molecule has 138 valence electrons. The molecule has 28 heavy (non-hydrogen) atoms. The van der Waals surface area contributed by atoms with Gasteiger partial charge in [0.15, 0.2) is 0 Å². The van der Waals surface area contributed by atoms with Crippen molar-refractivity contribution in [2.45, 2.75) is 12.3 Å². The molecule has 0 saturated heterocycles. The maximum atomic E-state index is 4.70. The highest BCUT2D eigenvalue weighted by Crippen LogP contribution is 2.54. The van der Waals surface area contributed by atoms with Gasteiger partial charge in [0.25, 0.3) is 0 Å². The number of hydrogen-bond acceptors (Lipinski definition) is 4. The molecule has 4 aromatic rings. The quantitative estimate of drug-likeness (QED) is 0.465. The van der Waals surface area contributed by atoms with Gasteiger partial charge in [0.05, 0.1) is 21.7 Å². The van der Waals surface area contributed by atoms with Crippen molar-refractivity contribution in [3.05, 3.63) is 97.6 Å². The molecule has 6 heteroatoms. The third-order valence-electron chi connectivity index (χ3n) is 4.33. The zero-order valence-electron chi connectivity index (χ0n) is 15.5. The SMILES string of the molecule is CC(P(c1ccccn1)c1ccccn1)P(c1ccccn1)c1ccccn1. The zero-order chi connectivity index (χ0) is 19.2. The first-order valence-corrected chi connectivity index (χ1v) is 11.9. The Bertz CT molecular complexity index is 824. The summed E-state index contributed by atoms with van der Waals surface area (Å²) in [5.74, 6) is 0. The van der Waals surface area contributed by atoms with Gasteiger partial charge >= 0.3 is 0 Å². The van der Waals surface area contributed by atoms with Crippen LogP contribution >= 0.6 is 15.8 Å². The van der Waals surface area contributed by atoms with Crippen molar-refractivity contribution < 1.29 is 0 Å². The van der Waals surface area contributed by atoms with E-state index >= 15 is 0 Å². The van der Waals surface area contributed by atoms with Gasteiger partial charge in [0.1, 0.15) is 0 Å². The molecule has 0 N–H and O–H groups in total. The number of rotatable bonds is 6. The van der Waals surface area contributed by atoms with Gasteiger partial charge in [-0.1, -0.05) is 31.2 Å². The third-order valence-corrected chi connectivity index (χ3v) is 10.2. The minimum atomic E-state index is -0.772. The van der Waals surface area contributed by atoms with Crippen LogP contribution in [0, 0.1) is 0 Å². The molecule has 0 radical (unpaired) electrons. The van der Waals surface area contributed by atoms with E-state index in [9.17, 15) is 0 Å². The highest BCUT2D eigenvalue weighted by atomic mass is 31.2. The Kier molecular flexibility index (Phi) is 6.11. The predicted octanol–water partition coefficient (Wildman–Crippen LogP) is 3.18. The van der Waals surface area contributed by atoms with Crippen molar-refractivity contribution in [2.24, 2.45) is 0 Å². The number of nitrogens with zero attached hydrogens (tertiary/aromatic N) is 4. The number of hydrogen-bond donors (Lipinski definition) is 0. The van der Waals surface area contributed by atoms with E-state index in [0.29, 0.717) is 0 Å². The molecule has 4 heterocycles. The van der Waals surface area contributed by atoms with E-state index in [-0.39, 0.29) is 5.40 Å². The molecule has 0 saturated carbocycles. The van der Waals surface area contributed by atoms with Crippen LogP contribution < -0.4 is 21.7 Å². The topological polar surface area (TPSA) is 51.6 Å². The van der Waals surface area contributed by atoms with E-state index in [2.05, 4.69) is 55.5 Å². The van der Waals surface area contributed by atoms with Gasteiger partial charge in [0, 0.05) is 46.0 Å². The summed E-state index contributed by atoms with van der Waals surface area (Å²) in [4.78, 5) is 18.8. The van der Waals surface area contributed by atoms with Crippen molar-refractivity contribution in [3.63, 3.8) is 0 Å². The Morgan fingerprint density at radius 3 is 1.00 bits per heavy atom. The zero-order valence-corrected chi connectivity index (χ0v) is 17.3. The minimum Gasteiger partial charge on any atom is -0.256 e. The smallest absolute Gasteiger partial charge is 0.0698 e. The van der Waals surface area contributed by atoms with Gasteiger partial charge in [-0.05, 0) is 48.5 Å². The second-order valence-electron chi connectivity index (χ2n) is 6.12. The molecule has 0 atom stereocenters.